The molecular weight excluding hydrogens is 440 g/mol. The number of carbonyl (C=O) groups is 1. The molecule has 0 aliphatic rings. The topological polar surface area (TPSA) is 41.1 Å². The van der Waals surface area contributed by atoms with Gasteiger partial charge in [-0.3, -0.25) is 0 Å². The second kappa shape index (κ2) is 19.8. The van der Waals surface area contributed by atoms with E-state index in [1.54, 1.807) is 0 Å². The van der Waals surface area contributed by atoms with Gasteiger partial charge in [0.25, 0.3) is 0 Å². The number of urea groups is 1. The number of amides is 2. The maximum Gasteiger partial charge on any atom is 0.323 e. The molecule has 36 heavy (non-hydrogen) atoms. The first-order valence-corrected chi connectivity index (χ1v) is 15.0. The molecule has 0 fully saturated rings. The summed E-state index contributed by atoms with van der Waals surface area (Å²) in [6.45, 7) is 4.53. The van der Waals surface area contributed by atoms with Crippen LogP contribution in [0, 0.1) is 0 Å². The van der Waals surface area contributed by atoms with Gasteiger partial charge in [-0.2, -0.15) is 0 Å². The Morgan fingerprint density at radius 1 is 0.500 bits per heavy atom. The highest BCUT2D eigenvalue weighted by Gasteiger charge is 2.09. The second-order valence-electron chi connectivity index (χ2n) is 10.3. The van der Waals surface area contributed by atoms with E-state index in [1.807, 2.05) is 24.3 Å². The van der Waals surface area contributed by atoms with Gasteiger partial charge in [-0.25, -0.2) is 4.79 Å². The minimum Gasteiger partial charge on any atom is -0.307 e. The number of unbranched alkanes of at least 4 members (excludes halogenated alkanes) is 14. The van der Waals surface area contributed by atoms with Crippen molar-refractivity contribution in [2.75, 3.05) is 10.6 Å². The van der Waals surface area contributed by atoms with Crippen molar-refractivity contribution in [2.24, 2.45) is 0 Å². The van der Waals surface area contributed by atoms with Crippen LogP contribution >= 0.6 is 0 Å². The van der Waals surface area contributed by atoms with E-state index >= 15 is 0 Å². The molecule has 2 aromatic carbocycles. The zero-order valence-corrected chi connectivity index (χ0v) is 23.3. The molecule has 0 bridgehead atoms. The van der Waals surface area contributed by atoms with E-state index < -0.39 is 0 Å². The monoisotopic (exact) mass is 492 g/mol. The standard InChI is InChI=1S/C33H52N2O/c1-3-5-7-9-11-13-15-17-23-29-25-19-21-27-31(29)34-33(36)35-32-28-22-20-26-30(32)24-18-16-14-12-10-8-6-4-2/h19-22,25-28H,3-18,23-24H2,1-2H3,(H2,34,35,36). The Morgan fingerprint density at radius 2 is 0.833 bits per heavy atom. The lowest BCUT2D eigenvalue weighted by molar-refractivity contribution is 0.262. The summed E-state index contributed by atoms with van der Waals surface area (Å²) in [4.78, 5) is 12.9. The Balaban J connectivity index is 1.75. The van der Waals surface area contributed by atoms with Crippen LogP contribution in [0.5, 0.6) is 0 Å². The SMILES string of the molecule is CCCCCCCCCCc1ccccc1NC(=O)Nc1ccccc1CCCCCCCCCC. The first-order valence-electron chi connectivity index (χ1n) is 15.0. The van der Waals surface area contributed by atoms with Gasteiger partial charge >= 0.3 is 6.03 Å². The van der Waals surface area contributed by atoms with E-state index in [1.165, 1.54) is 114 Å². The lowest BCUT2D eigenvalue weighted by Crippen LogP contribution is -2.21. The van der Waals surface area contributed by atoms with Crippen LogP contribution in [0.25, 0.3) is 0 Å². The summed E-state index contributed by atoms with van der Waals surface area (Å²) >= 11 is 0. The molecule has 0 saturated heterocycles. The van der Waals surface area contributed by atoms with Crippen molar-refractivity contribution in [2.45, 2.75) is 129 Å². The highest BCUT2D eigenvalue weighted by Crippen LogP contribution is 2.22. The van der Waals surface area contributed by atoms with Crippen molar-refractivity contribution >= 4 is 17.4 Å². The molecule has 0 saturated carbocycles. The maximum atomic E-state index is 12.9. The Morgan fingerprint density at radius 3 is 1.22 bits per heavy atom. The van der Waals surface area contributed by atoms with Crippen LogP contribution in [0.1, 0.15) is 128 Å². The zero-order valence-electron chi connectivity index (χ0n) is 23.3. The number of aryl methyl sites for hydroxylation is 2. The third-order valence-electron chi connectivity index (χ3n) is 7.13. The molecule has 0 spiro atoms. The highest BCUT2D eigenvalue weighted by molar-refractivity contribution is 6.00. The van der Waals surface area contributed by atoms with E-state index in [0.717, 1.165) is 24.2 Å². The van der Waals surface area contributed by atoms with Gasteiger partial charge in [0.05, 0.1) is 0 Å². The van der Waals surface area contributed by atoms with Gasteiger partial charge in [0.2, 0.25) is 0 Å². The van der Waals surface area contributed by atoms with Crippen molar-refractivity contribution in [3.05, 3.63) is 59.7 Å². The minimum absolute atomic E-state index is 0.151. The normalized spacial score (nSPS) is 10.9. The number of nitrogens with one attached hydrogen (secondary N) is 2. The molecule has 0 atom stereocenters. The summed E-state index contributed by atoms with van der Waals surface area (Å²) in [5, 5.41) is 6.22. The van der Waals surface area contributed by atoms with E-state index in [4.69, 9.17) is 0 Å². The van der Waals surface area contributed by atoms with Crippen molar-refractivity contribution in [1.29, 1.82) is 0 Å². The van der Waals surface area contributed by atoms with E-state index in [0.29, 0.717) is 0 Å². The Labute approximate surface area is 221 Å². The van der Waals surface area contributed by atoms with Crippen LogP contribution in [0.3, 0.4) is 0 Å². The Bertz CT molecular complexity index is 764. The fourth-order valence-electron chi connectivity index (χ4n) is 4.90. The van der Waals surface area contributed by atoms with E-state index in [2.05, 4.69) is 48.7 Å². The molecule has 0 unspecified atom stereocenters. The third-order valence-corrected chi connectivity index (χ3v) is 7.13. The molecule has 2 amide bonds. The first-order chi connectivity index (χ1) is 17.7. The molecule has 0 heterocycles. The number of hydrogen-bond acceptors (Lipinski definition) is 1. The third kappa shape index (κ3) is 13.1. The molecule has 2 rings (SSSR count). The lowest BCUT2D eigenvalue weighted by atomic mass is 10.0. The smallest absolute Gasteiger partial charge is 0.307 e. The predicted octanol–water partition coefficient (Wildman–Crippen LogP) is 10.7. The van der Waals surface area contributed by atoms with E-state index in [-0.39, 0.29) is 6.03 Å². The fourth-order valence-corrected chi connectivity index (χ4v) is 4.90. The summed E-state index contributed by atoms with van der Waals surface area (Å²) in [5.41, 5.74) is 4.31. The van der Waals surface area contributed by atoms with Crippen LogP contribution in [0.2, 0.25) is 0 Å². The quantitative estimate of drug-likeness (QED) is 0.177. The molecule has 200 valence electrons. The molecule has 0 aliphatic heterocycles. The minimum atomic E-state index is -0.151. The highest BCUT2D eigenvalue weighted by atomic mass is 16.2. The summed E-state index contributed by atoms with van der Waals surface area (Å²) in [6, 6.07) is 16.3. The zero-order chi connectivity index (χ0) is 25.7. The van der Waals surface area contributed by atoms with Crippen LogP contribution in [-0.2, 0) is 12.8 Å². The lowest BCUT2D eigenvalue weighted by Gasteiger charge is -2.14. The van der Waals surface area contributed by atoms with Gasteiger partial charge in [-0.15, -0.1) is 0 Å². The van der Waals surface area contributed by atoms with Gasteiger partial charge in [0.15, 0.2) is 0 Å². The number of anilines is 2. The van der Waals surface area contributed by atoms with Gasteiger partial charge < -0.3 is 10.6 Å². The van der Waals surface area contributed by atoms with Crippen molar-refractivity contribution in [3.8, 4) is 0 Å². The Hall–Kier alpha value is -2.29. The van der Waals surface area contributed by atoms with Gasteiger partial charge in [0, 0.05) is 11.4 Å². The molecule has 3 heteroatoms. The van der Waals surface area contributed by atoms with E-state index in [9.17, 15) is 4.79 Å². The fraction of sp³-hybridized carbons (Fsp3) is 0.606. The number of carbonyl (C=O) groups excluding carboxylic acids is 1. The molecule has 0 radical (unpaired) electrons. The summed E-state index contributed by atoms with van der Waals surface area (Å²) < 4.78 is 0. The molecule has 3 nitrogen and oxygen atoms in total. The van der Waals surface area contributed by atoms with Gasteiger partial charge in [-0.05, 0) is 48.9 Å². The molecule has 0 aromatic heterocycles. The molecule has 2 N–H and O–H groups in total. The van der Waals surface area contributed by atoms with Crippen molar-refractivity contribution in [3.63, 3.8) is 0 Å². The molecular formula is C33H52N2O. The number of benzene rings is 2. The average molecular weight is 493 g/mol. The van der Waals surface area contributed by atoms with Gasteiger partial charge in [0.1, 0.15) is 0 Å². The van der Waals surface area contributed by atoms with Gasteiger partial charge in [-0.1, -0.05) is 140 Å². The van der Waals surface area contributed by atoms with Crippen LogP contribution in [-0.4, -0.2) is 6.03 Å². The second-order valence-corrected chi connectivity index (χ2v) is 10.3. The number of para-hydroxylation sites is 2. The van der Waals surface area contributed by atoms with Crippen LogP contribution < -0.4 is 10.6 Å². The maximum absolute atomic E-state index is 12.9. The summed E-state index contributed by atoms with van der Waals surface area (Å²) in [6.07, 6.45) is 23.1. The van der Waals surface area contributed by atoms with Crippen molar-refractivity contribution in [1.82, 2.24) is 0 Å². The van der Waals surface area contributed by atoms with Crippen LogP contribution in [0.15, 0.2) is 48.5 Å². The van der Waals surface area contributed by atoms with Crippen molar-refractivity contribution < 1.29 is 4.79 Å². The average Bonchev–Trinajstić information content (AvgIpc) is 2.89. The summed E-state index contributed by atoms with van der Waals surface area (Å²) in [7, 11) is 0. The molecule has 2 aromatic rings. The summed E-state index contributed by atoms with van der Waals surface area (Å²) in [5.74, 6) is 0. The first kappa shape index (κ1) is 29.9. The van der Waals surface area contributed by atoms with Crippen LogP contribution in [0.4, 0.5) is 16.2 Å². The number of hydrogen-bond donors (Lipinski definition) is 2. The largest absolute Gasteiger partial charge is 0.323 e. The number of rotatable bonds is 20. The Kier molecular flexibility index (Phi) is 16.5. The molecule has 0 aliphatic carbocycles. The predicted molar refractivity (Wildman–Crippen MR) is 158 cm³/mol.